The van der Waals surface area contributed by atoms with Crippen molar-refractivity contribution in [3.63, 3.8) is 0 Å². The fourth-order valence-electron chi connectivity index (χ4n) is 4.47. The lowest BCUT2D eigenvalue weighted by Crippen LogP contribution is -2.37. The number of aromatic amines is 1. The van der Waals surface area contributed by atoms with Gasteiger partial charge in [-0.15, -0.1) is 0 Å². The molecule has 0 saturated carbocycles. The zero-order chi connectivity index (χ0) is 28.1. The number of ether oxygens (including phenoxy) is 2. The van der Waals surface area contributed by atoms with Crippen LogP contribution in [0.15, 0.2) is 75.1 Å². The third-order valence-electron chi connectivity index (χ3n) is 6.27. The number of aryl methyl sites for hydroxylation is 1. The Morgan fingerprint density at radius 2 is 1.72 bits per heavy atom. The summed E-state index contributed by atoms with van der Waals surface area (Å²) in [6.45, 7) is 0. The van der Waals surface area contributed by atoms with Crippen molar-refractivity contribution in [2.24, 2.45) is 7.05 Å². The number of carbonyl (C=O) groups excluding carboxylic acids is 1. The van der Waals surface area contributed by atoms with Gasteiger partial charge in [-0.2, -0.15) is 0 Å². The predicted octanol–water partition coefficient (Wildman–Crippen LogP) is 2.96. The lowest BCUT2D eigenvalue weighted by molar-refractivity contribution is 0.0974. The molecule has 39 heavy (non-hydrogen) atoms. The Labute approximate surface area is 226 Å². The topological polar surface area (TPSA) is 141 Å². The van der Waals surface area contributed by atoms with Gasteiger partial charge in [0.1, 0.15) is 22.1 Å². The van der Waals surface area contributed by atoms with E-state index in [-0.39, 0.29) is 37.8 Å². The minimum absolute atomic E-state index is 0.0547. The number of nitrogens with zero attached hydrogens (tertiary/aromatic N) is 2. The van der Waals surface area contributed by atoms with E-state index >= 15 is 0 Å². The summed E-state index contributed by atoms with van der Waals surface area (Å²) in [7, 11) is -0.286. The second kappa shape index (κ2) is 9.64. The summed E-state index contributed by atoms with van der Waals surface area (Å²) in [4.78, 5) is 42.7. The van der Waals surface area contributed by atoms with Crippen LogP contribution < -0.4 is 25.4 Å². The minimum Gasteiger partial charge on any atom is -0.497 e. The number of benzene rings is 3. The third-order valence-corrected chi connectivity index (χ3v) is 7.87. The number of methoxy groups -OCH3 is 2. The van der Waals surface area contributed by atoms with Gasteiger partial charge in [-0.05, 0) is 42.5 Å². The number of para-hydroxylation sites is 1. The average molecular weight is 569 g/mol. The summed E-state index contributed by atoms with van der Waals surface area (Å²) in [5.41, 5.74) is -1.16. The number of H-pyrrole nitrogens is 1. The highest BCUT2D eigenvalue weighted by molar-refractivity contribution is 7.90. The highest BCUT2D eigenvalue weighted by atomic mass is 35.5. The Morgan fingerprint density at radius 3 is 2.44 bits per heavy atom. The molecule has 0 fully saturated rings. The molecular formula is C26H21ClN4O7S. The minimum atomic E-state index is -4.48. The van der Waals surface area contributed by atoms with E-state index in [1.807, 2.05) is 4.72 Å². The molecule has 0 atom stereocenters. The molecule has 11 nitrogen and oxygen atoms in total. The number of sulfonamides is 1. The maximum absolute atomic E-state index is 13.7. The highest BCUT2D eigenvalue weighted by Gasteiger charge is 2.30. The predicted molar refractivity (Wildman–Crippen MR) is 146 cm³/mol. The van der Waals surface area contributed by atoms with Crippen LogP contribution in [0.2, 0.25) is 5.02 Å². The normalized spacial score (nSPS) is 11.6. The highest BCUT2D eigenvalue weighted by Crippen LogP contribution is 2.32. The Balaban J connectivity index is 1.75. The van der Waals surface area contributed by atoms with Gasteiger partial charge in [0.2, 0.25) is 0 Å². The van der Waals surface area contributed by atoms with Gasteiger partial charge in [-0.1, -0.05) is 23.7 Å². The van der Waals surface area contributed by atoms with Crippen molar-refractivity contribution in [3.8, 4) is 17.2 Å². The Kier molecular flexibility index (Phi) is 6.44. The molecule has 200 valence electrons. The summed E-state index contributed by atoms with van der Waals surface area (Å²) < 4.78 is 41.2. The van der Waals surface area contributed by atoms with Crippen molar-refractivity contribution in [2.75, 3.05) is 14.2 Å². The molecule has 0 aliphatic heterocycles. The Morgan fingerprint density at radius 1 is 0.974 bits per heavy atom. The third kappa shape index (κ3) is 4.33. The summed E-state index contributed by atoms with van der Waals surface area (Å²) in [6.07, 6.45) is 0. The Hall–Kier alpha value is -4.55. The van der Waals surface area contributed by atoms with Gasteiger partial charge in [0.05, 0.1) is 36.3 Å². The number of aromatic nitrogens is 3. The Bertz CT molecular complexity index is 2030. The number of amides is 1. The SMILES string of the molecule is COc1ccc(S(=O)(=O)NC(=O)c2c(-n3c(=O)[nH]c4ccccc4c3=O)c3cc(Cl)ccc3n2C)c(OC)c1. The van der Waals surface area contributed by atoms with Crippen molar-refractivity contribution in [2.45, 2.75) is 4.90 Å². The molecule has 2 aromatic heterocycles. The molecule has 3 aromatic carbocycles. The van der Waals surface area contributed by atoms with E-state index in [2.05, 4.69) is 4.98 Å². The molecule has 0 saturated heterocycles. The van der Waals surface area contributed by atoms with Crippen molar-refractivity contribution in [1.29, 1.82) is 0 Å². The van der Waals surface area contributed by atoms with Gasteiger partial charge in [0.25, 0.3) is 21.5 Å². The first-order valence-electron chi connectivity index (χ1n) is 11.4. The molecule has 0 radical (unpaired) electrons. The largest absolute Gasteiger partial charge is 0.497 e. The molecule has 5 rings (SSSR count). The van der Waals surface area contributed by atoms with Crippen LogP contribution in [0.25, 0.3) is 27.5 Å². The molecule has 0 aliphatic carbocycles. The number of fused-ring (bicyclic) bond motifs is 2. The van der Waals surface area contributed by atoms with E-state index in [9.17, 15) is 22.8 Å². The zero-order valence-corrected chi connectivity index (χ0v) is 22.4. The molecule has 2 heterocycles. The first kappa shape index (κ1) is 26.1. The van der Waals surface area contributed by atoms with E-state index in [1.165, 1.54) is 56.2 Å². The summed E-state index contributed by atoms with van der Waals surface area (Å²) >= 11 is 6.24. The zero-order valence-electron chi connectivity index (χ0n) is 20.8. The summed E-state index contributed by atoms with van der Waals surface area (Å²) in [6, 6.07) is 15.1. The average Bonchev–Trinajstić information content (AvgIpc) is 3.19. The lowest BCUT2D eigenvalue weighted by Gasteiger charge is -2.14. The first-order valence-corrected chi connectivity index (χ1v) is 13.2. The van der Waals surface area contributed by atoms with Gasteiger partial charge in [0.15, 0.2) is 0 Å². The van der Waals surface area contributed by atoms with Gasteiger partial charge >= 0.3 is 5.69 Å². The number of hydrogen-bond acceptors (Lipinski definition) is 7. The van der Waals surface area contributed by atoms with E-state index in [0.29, 0.717) is 16.8 Å². The number of hydrogen-bond donors (Lipinski definition) is 2. The van der Waals surface area contributed by atoms with Crippen LogP contribution in [0.1, 0.15) is 10.5 Å². The van der Waals surface area contributed by atoms with E-state index in [4.69, 9.17) is 21.1 Å². The summed E-state index contributed by atoms with van der Waals surface area (Å²) in [5, 5.41) is 0.762. The standard InChI is InChI=1S/C26H21ClN4O7S/c1-30-19-10-8-14(27)12-17(19)22(31-25(33)16-6-4-5-7-18(16)28-26(31)34)23(30)24(32)29-39(35,36)21-11-9-15(37-2)13-20(21)38-3/h4-13H,1-3H3,(H,28,34)(H,29,32). The number of carbonyl (C=O) groups is 1. The van der Waals surface area contributed by atoms with Crippen LogP contribution in [-0.2, 0) is 17.1 Å². The van der Waals surface area contributed by atoms with Crippen LogP contribution in [0.5, 0.6) is 11.5 Å². The molecule has 5 aromatic rings. The maximum Gasteiger partial charge on any atom is 0.333 e. The van der Waals surface area contributed by atoms with E-state index in [1.54, 1.807) is 30.3 Å². The molecule has 1 amide bonds. The molecular weight excluding hydrogens is 548 g/mol. The van der Waals surface area contributed by atoms with Crippen molar-refractivity contribution >= 4 is 49.3 Å². The van der Waals surface area contributed by atoms with Crippen molar-refractivity contribution < 1.29 is 22.7 Å². The molecule has 13 heteroatoms. The molecule has 0 bridgehead atoms. The van der Waals surface area contributed by atoms with Crippen LogP contribution in [0.3, 0.4) is 0 Å². The van der Waals surface area contributed by atoms with Gasteiger partial charge in [0, 0.05) is 23.5 Å². The fraction of sp³-hybridized carbons (Fsp3) is 0.115. The maximum atomic E-state index is 13.7. The smallest absolute Gasteiger partial charge is 0.333 e. The van der Waals surface area contributed by atoms with E-state index < -0.39 is 27.2 Å². The summed E-state index contributed by atoms with van der Waals surface area (Å²) in [5.74, 6) is -0.794. The van der Waals surface area contributed by atoms with Gasteiger partial charge in [-0.3, -0.25) is 9.59 Å². The van der Waals surface area contributed by atoms with Crippen LogP contribution in [0, 0.1) is 0 Å². The van der Waals surface area contributed by atoms with Gasteiger partial charge < -0.3 is 19.0 Å². The lowest BCUT2D eigenvalue weighted by atomic mass is 10.2. The molecule has 2 N–H and O–H groups in total. The first-order chi connectivity index (χ1) is 18.6. The molecule has 0 unspecified atom stereocenters. The van der Waals surface area contributed by atoms with E-state index in [0.717, 1.165) is 4.57 Å². The number of halogens is 1. The van der Waals surface area contributed by atoms with Gasteiger partial charge in [-0.25, -0.2) is 22.5 Å². The molecule has 0 aliphatic rings. The monoisotopic (exact) mass is 568 g/mol. The second-order valence-corrected chi connectivity index (χ2v) is 10.6. The molecule has 0 spiro atoms. The number of rotatable bonds is 6. The van der Waals surface area contributed by atoms with Crippen LogP contribution in [0.4, 0.5) is 0 Å². The van der Waals surface area contributed by atoms with Crippen LogP contribution >= 0.6 is 11.6 Å². The van der Waals surface area contributed by atoms with Crippen LogP contribution in [-0.4, -0.2) is 42.7 Å². The quantitative estimate of drug-likeness (QED) is 0.321. The fourth-order valence-corrected chi connectivity index (χ4v) is 5.75. The van der Waals surface area contributed by atoms with Crippen molar-refractivity contribution in [3.05, 3.63) is 92.2 Å². The van der Waals surface area contributed by atoms with Crippen molar-refractivity contribution in [1.82, 2.24) is 18.8 Å². The second-order valence-electron chi connectivity index (χ2n) is 8.49. The number of nitrogens with one attached hydrogen (secondary N) is 2.